The number of rotatable bonds is 5. The second-order valence-corrected chi connectivity index (χ2v) is 5.24. The first kappa shape index (κ1) is 14.8. The Morgan fingerprint density at radius 3 is 2.74 bits per heavy atom. The predicted octanol–water partition coefficient (Wildman–Crippen LogP) is 2.52. The SMILES string of the molecule is Nc1ccc(/C=C/C(=O)NCCc2nc3ccccc3[nH]2)cc1. The maximum absolute atomic E-state index is 11.8. The molecule has 3 rings (SSSR count). The minimum absolute atomic E-state index is 0.127. The summed E-state index contributed by atoms with van der Waals surface area (Å²) in [5.74, 6) is 0.743. The first-order chi connectivity index (χ1) is 11.2. The van der Waals surface area contributed by atoms with Gasteiger partial charge in [0.1, 0.15) is 5.82 Å². The zero-order valence-electron chi connectivity index (χ0n) is 12.6. The number of carbonyl (C=O) groups is 1. The minimum Gasteiger partial charge on any atom is -0.399 e. The summed E-state index contributed by atoms with van der Waals surface area (Å²) in [6.07, 6.45) is 3.94. The van der Waals surface area contributed by atoms with E-state index in [4.69, 9.17) is 5.73 Å². The number of para-hydroxylation sites is 2. The van der Waals surface area contributed by atoms with E-state index in [2.05, 4.69) is 15.3 Å². The Morgan fingerprint density at radius 1 is 1.17 bits per heavy atom. The Morgan fingerprint density at radius 2 is 1.96 bits per heavy atom. The van der Waals surface area contributed by atoms with E-state index in [9.17, 15) is 4.79 Å². The van der Waals surface area contributed by atoms with E-state index >= 15 is 0 Å². The van der Waals surface area contributed by atoms with Crippen LogP contribution in [0.25, 0.3) is 17.1 Å². The van der Waals surface area contributed by atoms with Gasteiger partial charge in [0.25, 0.3) is 0 Å². The van der Waals surface area contributed by atoms with E-state index in [1.807, 2.05) is 36.4 Å². The molecule has 0 spiro atoms. The topological polar surface area (TPSA) is 83.8 Å². The van der Waals surface area contributed by atoms with Gasteiger partial charge >= 0.3 is 0 Å². The van der Waals surface area contributed by atoms with Gasteiger partial charge in [-0.15, -0.1) is 0 Å². The summed E-state index contributed by atoms with van der Waals surface area (Å²) in [6.45, 7) is 0.532. The van der Waals surface area contributed by atoms with Crippen molar-refractivity contribution in [3.8, 4) is 0 Å². The molecule has 0 atom stereocenters. The van der Waals surface area contributed by atoms with Crippen molar-refractivity contribution in [1.82, 2.24) is 15.3 Å². The monoisotopic (exact) mass is 306 g/mol. The van der Waals surface area contributed by atoms with Gasteiger partial charge in [-0.3, -0.25) is 4.79 Å². The predicted molar refractivity (Wildman–Crippen MR) is 92.7 cm³/mol. The number of nitrogens with zero attached hydrogens (tertiary/aromatic N) is 1. The molecule has 1 amide bonds. The summed E-state index contributed by atoms with van der Waals surface area (Å²) in [4.78, 5) is 19.5. The third-order valence-electron chi connectivity index (χ3n) is 3.46. The number of amides is 1. The molecule has 23 heavy (non-hydrogen) atoms. The Hall–Kier alpha value is -3.08. The lowest BCUT2D eigenvalue weighted by atomic mass is 10.2. The highest BCUT2D eigenvalue weighted by Crippen LogP contribution is 2.10. The number of nitrogens with two attached hydrogens (primary N) is 1. The first-order valence-electron chi connectivity index (χ1n) is 7.46. The molecule has 5 nitrogen and oxygen atoms in total. The molecule has 116 valence electrons. The number of aromatic amines is 1. The number of nitrogen functional groups attached to an aromatic ring is 1. The molecule has 0 aliphatic heterocycles. The number of fused-ring (bicyclic) bond motifs is 1. The second-order valence-electron chi connectivity index (χ2n) is 5.24. The molecule has 4 N–H and O–H groups in total. The average molecular weight is 306 g/mol. The zero-order valence-corrected chi connectivity index (χ0v) is 12.6. The van der Waals surface area contributed by atoms with Crippen LogP contribution in [-0.2, 0) is 11.2 Å². The van der Waals surface area contributed by atoms with Crippen molar-refractivity contribution in [2.75, 3.05) is 12.3 Å². The van der Waals surface area contributed by atoms with Crippen LogP contribution >= 0.6 is 0 Å². The third-order valence-corrected chi connectivity index (χ3v) is 3.46. The summed E-state index contributed by atoms with van der Waals surface area (Å²) < 4.78 is 0. The van der Waals surface area contributed by atoms with E-state index in [-0.39, 0.29) is 5.91 Å². The molecule has 0 aliphatic carbocycles. The molecule has 0 saturated carbocycles. The van der Waals surface area contributed by atoms with Gasteiger partial charge in [0.2, 0.25) is 5.91 Å². The molecular weight excluding hydrogens is 288 g/mol. The lowest BCUT2D eigenvalue weighted by Gasteiger charge is -2.00. The van der Waals surface area contributed by atoms with Gasteiger partial charge in [-0.1, -0.05) is 24.3 Å². The molecule has 0 bridgehead atoms. The fourth-order valence-corrected chi connectivity index (χ4v) is 2.27. The highest BCUT2D eigenvalue weighted by Gasteiger charge is 2.02. The van der Waals surface area contributed by atoms with E-state index in [0.29, 0.717) is 18.7 Å². The maximum atomic E-state index is 11.8. The largest absolute Gasteiger partial charge is 0.399 e. The number of hydrogen-bond donors (Lipinski definition) is 3. The molecule has 3 aromatic rings. The smallest absolute Gasteiger partial charge is 0.244 e. The zero-order chi connectivity index (χ0) is 16.1. The molecule has 0 aliphatic rings. The summed E-state index contributed by atoms with van der Waals surface area (Å²) in [7, 11) is 0. The van der Waals surface area contributed by atoms with Gasteiger partial charge in [-0.2, -0.15) is 0 Å². The summed E-state index contributed by atoms with van der Waals surface area (Å²) >= 11 is 0. The Balaban J connectivity index is 1.49. The Kier molecular flexibility index (Phi) is 4.38. The number of benzene rings is 2. The summed E-state index contributed by atoms with van der Waals surface area (Å²) in [5.41, 5.74) is 9.21. The molecule has 0 fully saturated rings. The van der Waals surface area contributed by atoms with Gasteiger partial charge in [0.15, 0.2) is 0 Å². The van der Waals surface area contributed by atoms with Crippen LogP contribution in [0.3, 0.4) is 0 Å². The van der Waals surface area contributed by atoms with Crippen LogP contribution in [0.5, 0.6) is 0 Å². The van der Waals surface area contributed by atoms with Crippen LogP contribution in [0.1, 0.15) is 11.4 Å². The van der Waals surface area contributed by atoms with Crippen molar-refractivity contribution in [3.63, 3.8) is 0 Å². The number of hydrogen-bond acceptors (Lipinski definition) is 3. The normalized spacial score (nSPS) is 11.1. The molecule has 1 aromatic heterocycles. The lowest BCUT2D eigenvalue weighted by molar-refractivity contribution is -0.116. The molecule has 1 heterocycles. The van der Waals surface area contributed by atoms with Crippen molar-refractivity contribution < 1.29 is 4.79 Å². The standard InChI is InChI=1S/C18H18N4O/c19-14-8-5-13(6-9-14)7-10-18(23)20-12-11-17-21-15-3-1-2-4-16(15)22-17/h1-10H,11-12,19H2,(H,20,23)(H,21,22)/b10-7+. The van der Waals surface area contributed by atoms with Gasteiger partial charge in [0, 0.05) is 24.7 Å². The maximum Gasteiger partial charge on any atom is 0.244 e. The van der Waals surface area contributed by atoms with Crippen LogP contribution in [0.2, 0.25) is 0 Å². The van der Waals surface area contributed by atoms with Crippen molar-refractivity contribution in [3.05, 3.63) is 66.0 Å². The van der Waals surface area contributed by atoms with Crippen LogP contribution in [0.4, 0.5) is 5.69 Å². The van der Waals surface area contributed by atoms with Crippen LogP contribution in [0, 0.1) is 0 Å². The lowest BCUT2D eigenvalue weighted by Crippen LogP contribution is -2.23. The molecule has 5 heteroatoms. The molecule has 0 unspecified atom stereocenters. The minimum atomic E-state index is -0.127. The third kappa shape index (κ3) is 3.97. The summed E-state index contributed by atoms with van der Waals surface area (Å²) in [5, 5.41) is 2.85. The fourth-order valence-electron chi connectivity index (χ4n) is 2.27. The molecule has 2 aromatic carbocycles. The Labute approximate surface area is 134 Å². The number of imidazole rings is 1. The number of H-pyrrole nitrogens is 1. The molecule has 0 radical (unpaired) electrons. The summed E-state index contributed by atoms with van der Waals surface area (Å²) in [6, 6.07) is 15.2. The first-order valence-corrected chi connectivity index (χ1v) is 7.46. The van der Waals surface area contributed by atoms with Crippen LogP contribution < -0.4 is 11.1 Å². The second kappa shape index (κ2) is 6.79. The van der Waals surface area contributed by atoms with E-state index in [1.165, 1.54) is 6.08 Å². The number of anilines is 1. The van der Waals surface area contributed by atoms with Crippen molar-refractivity contribution in [2.24, 2.45) is 0 Å². The van der Waals surface area contributed by atoms with Gasteiger partial charge in [0.05, 0.1) is 11.0 Å². The van der Waals surface area contributed by atoms with Crippen LogP contribution in [-0.4, -0.2) is 22.4 Å². The van der Waals surface area contributed by atoms with Crippen LogP contribution in [0.15, 0.2) is 54.6 Å². The van der Waals surface area contributed by atoms with Gasteiger partial charge in [-0.05, 0) is 35.9 Å². The van der Waals surface area contributed by atoms with Crippen molar-refractivity contribution >= 4 is 28.7 Å². The van der Waals surface area contributed by atoms with E-state index < -0.39 is 0 Å². The van der Waals surface area contributed by atoms with Gasteiger partial charge in [-0.25, -0.2) is 4.98 Å². The number of aromatic nitrogens is 2. The number of carbonyl (C=O) groups excluding carboxylic acids is 1. The Bertz CT molecular complexity index is 801. The molecular formula is C18H18N4O. The fraction of sp³-hybridized carbons (Fsp3) is 0.111. The van der Waals surface area contributed by atoms with Gasteiger partial charge < -0.3 is 16.0 Å². The van der Waals surface area contributed by atoms with Crippen molar-refractivity contribution in [1.29, 1.82) is 0 Å². The van der Waals surface area contributed by atoms with Crippen molar-refractivity contribution in [2.45, 2.75) is 6.42 Å². The highest BCUT2D eigenvalue weighted by molar-refractivity contribution is 5.91. The average Bonchev–Trinajstić information content (AvgIpc) is 2.97. The quantitative estimate of drug-likeness (QED) is 0.500. The highest BCUT2D eigenvalue weighted by atomic mass is 16.1. The number of nitrogens with one attached hydrogen (secondary N) is 2. The molecule has 0 saturated heterocycles. The van der Waals surface area contributed by atoms with E-state index in [1.54, 1.807) is 18.2 Å². The van der Waals surface area contributed by atoms with E-state index in [0.717, 1.165) is 22.4 Å².